The minimum absolute atomic E-state index is 0.0992. The first-order valence-corrected chi connectivity index (χ1v) is 9.41. The highest BCUT2D eigenvalue weighted by molar-refractivity contribution is 5.90. The number of anilines is 2. The summed E-state index contributed by atoms with van der Waals surface area (Å²) in [7, 11) is 1.63. The molecule has 2 amide bonds. The van der Waals surface area contributed by atoms with Crippen molar-refractivity contribution in [3.63, 3.8) is 0 Å². The topological polar surface area (TPSA) is 88.4 Å². The van der Waals surface area contributed by atoms with Crippen LogP contribution in [0.3, 0.4) is 0 Å². The zero-order valence-corrected chi connectivity index (χ0v) is 16.4. The van der Waals surface area contributed by atoms with Crippen molar-refractivity contribution in [3.8, 4) is 11.6 Å². The number of amides is 2. The molecule has 9 heteroatoms. The summed E-state index contributed by atoms with van der Waals surface area (Å²) in [6, 6.07) is 9.26. The van der Waals surface area contributed by atoms with Gasteiger partial charge in [0.15, 0.2) is 5.82 Å². The van der Waals surface area contributed by atoms with Crippen LogP contribution in [-0.2, 0) is 0 Å². The number of ether oxygens (including phenoxy) is 1. The zero-order valence-electron chi connectivity index (χ0n) is 16.4. The second kappa shape index (κ2) is 8.17. The van der Waals surface area contributed by atoms with E-state index >= 15 is 0 Å². The molecule has 0 aliphatic carbocycles. The number of carbonyl (C=O) groups is 1. The Morgan fingerprint density at radius 2 is 1.90 bits per heavy atom. The summed E-state index contributed by atoms with van der Waals surface area (Å²) >= 11 is 0. The molecule has 0 atom stereocenters. The van der Waals surface area contributed by atoms with Crippen LogP contribution in [-0.4, -0.2) is 64.0 Å². The number of nitrogens with one attached hydrogen (secondary N) is 1. The van der Waals surface area contributed by atoms with Gasteiger partial charge in [-0.1, -0.05) is 0 Å². The Hall–Kier alpha value is -3.62. The van der Waals surface area contributed by atoms with Crippen molar-refractivity contribution in [1.29, 1.82) is 0 Å². The smallest absolute Gasteiger partial charge is 0.321 e. The Morgan fingerprint density at radius 3 is 2.59 bits per heavy atom. The first-order chi connectivity index (χ1) is 14.1. The predicted molar refractivity (Wildman–Crippen MR) is 110 cm³/mol. The Kier molecular flexibility index (Phi) is 5.28. The molecular formula is C20H23N7O2. The Balaban J connectivity index is 1.37. The molecule has 1 fully saturated rings. The number of benzene rings is 1. The molecule has 2 aromatic heterocycles. The predicted octanol–water partition coefficient (Wildman–Crippen LogP) is 2.33. The van der Waals surface area contributed by atoms with Crippen LogP contribution in [0, 0.1) is 6.92 Å². The van der Waals surface area contributed by atoms with Gasteiger partial charge in [0.1, 0.15) is 17.9 Å². The lowest BCUT2D eigenvalue weighted by Crippen LogP contribution is -2.50. The van der Waals surface area contributed by atoms with E-state index in [0.29, 0.717) is 26.2 Å². The van der Waals surface area contributed by atoms with Gasteiger partial charge in [0.05, 0.1) is 7.11 Å². The molecule has 3 heterocycles. The fourth-order valence-corrected chi connectivity index (χ4v) is 3.28. The molecule has 4 rings (SSSR count). The normalized spacial score (nSPS) is 14.0. The number of methoxy groups -OCH3 is 1. The Morgan fingerprint density at radius 1 is 1.10 bits per heavy atom. The molecule has 1 aromatic carbocycles. The Bertz CT molecular complexity index is 982. The molecule has 1 aliphatic rings. The van der Waals surface area contributed by atoms with Crippen molar-refractivity contribution in [2.24, 2.45) is 0 Å². The van der Waals surface area contributed by atoms with E-state index in [1.165, 1.54) is 6.33 Å². The van der Waals surface area contributed by atoms with E-state index in [2.05, 4.69) is 25.3 Å². The number of aryl methyl sites for hydroxylation is 1. The molecule has 9 nitrogen and oxygen atoms in total. The lowest BCUT2D eigenvalue weighted by molar-refractivity contribution is 0.208. The maximum absolute atomic E-state index is 12.7. The highest BCUT2D eigenvalue weighted by atomic mass is 16.5. The summed E-state index contributed by atoms with van der Waals surface area (Å²) in [5.74, 6) is 2.32. The van der Waals surface area contributed by atoms with Gasteiger partial charge < -0.3 is 19.9 Å². The fraction of sp³-hybridized carbons (Fsp3) is 0.300. The molecule has 0 bridgehead atoms. The van der Waals surface area contributed by atoms with Gasteiger partial charge in [-0.2, -0.15) is 5.10 Å². The summed E-state index contributed by atoms with van der Waals surface area (Å²) in [4.78, 5) is 25.3. The number of hydrogen-bond acceptors (Lipinski definition) is 6. The van der Waals surface area contributed by atoms with Crippen LogP contribution in [0.2, 0.25) is 0 Å². The van der Waals surface area contributed by atoms with E-state index in [9.17, 15) is 4.79 Å². The maximum Gasteiger partial charge on any atom is 0.321 e. The average Bonchev–Trinajstić information content (AvgIpc) is 3.30. The van der Waals surface area contributed by atoms with Gasteiger partial charge in [-0.25, -0.2) is 19.4 Å². The average molecular weight is 393 g/mol. The third-order valence-corrected chi connectivity index (χ3v) is 4.94. The number of hydrogen-bond donors (Lipinski definition) is 1. The van der Waals surface area contributed by atoms with Crippen LogP contribution in [0.4, 0.5) is 16.3 Å². The van der Waals surface area contributed by atoms with E-state index in [1.54, 1.807) is 18.0 Å². The van der Waals surface area contributed by atoms with Gasteiger partial charge in [0, 0.05) is 50.3 Å². The van der Waals surface area contributed by atoms with Crippen LogP contribution < -0.4 is 15.0 Å². The van der Waals surface area contributed by atoms with Gasteiger partial charge in [-0.3, -0.25) is 0 Å². The summed E-state index contributed by atoms with van der Waals surface area (Å²) in [6.45, 7) is 4.57. The first-order valence-electron chi connectivity index (χ1n) is 9.41. The van der Waals surface area contributed by atoms with E-state index in [0.717, 1.165) is 28.6 Å². The summed E-state index contributed by atoms with van der Waals surface area (Å²) < 4.78 is 6.91. The van der Waals surface area contributed by atoms with E-state index in [1.807, 2.05) is 48.4 Å². The first kappa shape index (κ1) is 18.7. The van der Waals surface area contributed by atoms with Crippen molar-refractivity contribution in [2.45, 2.75) is 6.92 Å². The van der Waals surface area contributed by atoms with Crippen molar-refractivity contribution in [3.05, 3.63) is 54.6 Å². The van der Waals surface area contributed by atoms with Crippen molar-refractivity contribution in [2.75, 3.05) is 43.5 Å². The van der Waals surface area contributed by atoms with Crippen molar-refractivity contribution in [1.82, 2.24) is 24.6 Å². The third-order valence-electron chi connectivity index (χ3n) is 4.94. The fourth-order valence-electron chi connectivity index (χ4n) is 3.28. The SMILES string of the molecule is COc1ccc(NC(=O)N2CCN(c3cc(-n4cccn4)ncn3)CC2)c(C)c1. The number of urea groups is 1. The second-order valence-corrected chi connectivity index (χ2v) is 6.77. The molecule has 1 saturated heterocycles. The molecule has 1 aliphatic heterocycles. The molecule has 0 saturated carbocycles. The van der Waals surface area contributed by atoms with Gasteiger partial charge >= 0.3 is 6.03 Å². The standard InChI is InChI=1S/C20H23N7O2/c1-15-12-16(29-2)4-5-17(15)24-20(28)26-10-8-25(9-11-26)18-13-19(22-14-21-18)27-7-3-6-23-27/h3-7,12-14H,8-11H2,1-2H3,(H,24,28). The van der Waals surface area contributed by atoms with E-state index < -0.39 is 0 Å². The number of carbonyl (C=O) groups excluding carboxylic acids is 1. The lowest BCUT2D eigenvalue weighted by atomic mass is 10.2. The number of rotatable bonds is 4. The molecule has 29 heavy (non-hydrogen) atoms. The summed E-state index contributed by atoms with van der Waals surface area (Å²) in [5.41, 5.74) is 1.75. The monoisotopic (exact) mass is 393 g/mol. The molecule has 0 radical (unpaired) electrons. The van der Waals surface area contributed by atoms with E-state index in [-0.39, 0.29) is 6.03 Å². The molecule has 0 spiro atoms. The van der Waals surface area contributed by atoms with Gasteiger partial charge in [-0.05, 0) is 36.8 Å². The van der Waals surface area contributed by atoms with Gasteiger partial charge in [0.2, 0.25) is 0 Å². The largest absolute Gasteiger partial charge is 0.497 e. The number of aromatic nitrogens is 4. The third kappa shape index (κ3) is 4.13. The minimum Gasteiger partial charge on any atom is -0.497 e. The lowest BCUT2D eigenvalue weighted by Gasteiger charge is -2.35. The van der Waals surface area contributed by atoms with Gasteiger partial charge in [0.25, 0.3) is 0 Å². The quantitative estimate of drug-likeness (QED) is 0.732. The highest BCUT2D eigenvalue weighted by Gasteiger charge is 2.22. The molecule has 3 aromatic rings. The number of nitrogens with zero attached hydrogens (tertiary/aromatic N) is 6. The number of piperazine rings is 1. The minimum atomic E-state index is -0.0992. The molecule has 1 N–H and O–H groups in total. The second-order valence-electron chi connectivity index (χ2n) is 6.77. The van der Waals surface area contributed by atoms with Crippen molar-refractivity contribution < 1.29 is 9.53 Å². The van der Waals surface area contributed by atoms with Crippen LogP contribution in [0.25, 0.3) is 5.82 Å². The molecule has 0 unspecified atom stereocenters. The maximum atomic E-state index is 12.7. The summed E-state index contributed by atoms with van der Waals surface area (Å²) in [6.07, 6.45) is 5.09. The molecule has 150 valence electrons. The van der Waals surface area contributed by atoms with Gasteiger partial charge in [-0.15, -0.1) is 0 Å². The highest BCUT2D eigenvalue weighted by Crippen LogP contribution is 2.22. The van der Waals surface area contributed by atoms with Crippen LogP contribution in [0.5, 0.6) is 5.75 Å². The molecular weight excluding hydrogens is 370 g/mol. The van der Waals surface area contributed by atoms with E-state index in [4.69, 9.17) is 4.74 Å². The summed E-state index contributed by atoms with van der Waals surface area (Å²) in [5, 5.41) is 7.19. The zero-order chi connectivity index (χ0) is 20.2. The van der Waals surface area contributed by atoms with Crippen LogP contribution in [0.1, 0.15) is 5.56 Å². The Labute approximate surface area is 168 Å². The van der Waals surface area contributed by atoms with Crippen molar-refractivity contribution >= 4 is 17.5 Å². The van der Waals surface area contributed by atoms with Crippen LogP contribution in [0.15, 0.2) is 49.1 Å². The van der Waals surface area contributed by atoms with Crippen LogP contribution >= 0.6 is 0 Å².